The molecule has 0 saturated heterocycles. The highest BCUT2D eigenvalue weighted by Crippen LogP contribution is 2.24. The van der Waals surface area contributed by atoms with Crippen LogP contribution in [0.5, 0.6) is 5.75 Å². The van der Waals surface area contributed by atoms with E-state index in [-0.39, 0.29) is 11.3 Å². The third-order valence-corrected chi connectivity index (χ3v) is 2.96. The van der Waals surface area contributed by atoms with Crippen molar-refractivity contribution in [1.29, 1.82) is 0 Å². The minimum atomic E-state index is -0.594. The Morgan fingerprint density at radius 2 is 1.47 bits per heavy atom. The van der Waals surface area contributed by atoms with Crippen LogP contribution in [0, 0.1) is 25.5 Å². The minimum Gasteiger partial charge on any atom is -0.507 e. The Kier molecular flexibility index (Phi) is 3.65. The maximum atomic E-state index is 13.4. The van der Waals surface area contributed by atoms with Crippen LogP contribution in [-0.2, 0) is 0 Å². The second kappa shape index (κ2) is 5.22. The highest BCUT2D eigenvalue weighted by Gasteiger charge is 2.05. The molecule has 0 aliphatic carbocycles. The summed E-state index contributed by atoms with van der Waals surface area (Å²) in [5.41, 5.74) is 2.18. The van der Waals surface area contributed by atoms with E-state index in [1.54, 1.807) is 32.1 Å². The molecular formula is C16H14F2O. The Morgan fingerprint density at radius 3 is 2.00 bits per heavy atom. The molecule has 1 nitrogen and oxygen atoms in total. The summed E-state index contributed by atoms with van der Waals surface area (Å²) in [6, 6.07) is 7.29. The first-order chi connectivity index (χ1) is 8.99. The van der Waals surface area contributed by atoms with Crippen molar-refractivity contribution in [3.63, 3.8) is 0 Å². The highest BCUT2D eigenvalue weighted by atomic mass is 19.1. The van der Waals surface area contributed by atoms with Crippen molar-refractivity contribution in [2.45, 2.75) is 13.8 Å². The fourth-order valence-corrected chi connectivity index (χ4v) is 1.94. The summed E-state index contributed by atoms with van der Waals surface area (Å²) in [5, 5.41) is 9.66. The first-order valence-electron chi connectivity index (χ1n) is 5.91. The van der Waals surface area contributed by atoms with Gasteiger partial charge in [-0.15, -0.1) is 0 Å². The van der Waals surface area contributed by atoms with Gasteiger partial charge >= 0.3 is 0 Å². The Bertz CT molecular complexity index is 602. The quantitative estimate of drug-likeness (QED) is 0.790. The van der Waals surface area contributed by atoms with Gasteiger partial charge in [0.05, 0.1) is 0 Å². The smallest absolute Gasteiger partial charge is 0.133 e. The van der Waals surface area contributed by atoms with Crippen LogP contribution in [-0.4, -0.2) is 5.11 Å². The second-order valence-corrected chi connectivity index (χ2v) is 4.47. The molecule has 0 aliphatic rings. The monoisotopic (exact) mass is 260 g/mol. The maximum Gasteiger partial charge on any atom is 0.133 e. The summed E-state index contributed by atoms with van der Waals surface area (Å²) in [6.45, 7) is 3.56. The normalized spacial score (nSPS) is 11.2. The van der Waals surface area contributed by atoms with Gasteiger partial charge in [-0.3, -0.25) is 0 Å². The molecule has 0 atom stereocenters. The molecule has 0 amide bonds. The largest absolute Gasteiger partial charge is 0.507 e. The zero-order valence-corrected chi connectivity index (χ0v) is 10.7. The third kappa shape index (κ3) is 2.81. The van der Waals surface area contributed by atoms with E-state index in [4.69, 9.17) is 0 Å². The van der Waals surface area contributed by atoms with E-state index in [2.05, 4.69) is 0 Å². The van der Waals surface area contributed by atoms with Crippen LogP contribution in [0.15, 0.2) is 30.3 Å². The fourth-order valence-electron chi connectivity index (χ4n) is 1.94. The molecule has 0 bridgehead atoms. The number of phenols is 1. The van der Waals surface area contributed by atoms with Gasteiger partial charge in [-0.1, -0.05) is 12.1 Å². The fraction of sp³-hybridized carbons (Fsp3) is 0.125. The zero-order valence-electron chi connectivity index (χ0n) is 10.7. The van der Waals surface area contributed by atoms with Crippen molar-refractivity contribution in [3.8, 4) is 5.75 Å². The van der Waals surface area contributed by atoms with Crippen LogP contribution in [0.4, 0.5) is 8.78 Å². The van der Waals surface area contributed by atoms with E-state index in [0.717, 1.165) is 16.7 Å². The van der Waals surface area contributed by atoms with Crippen molar-refractivity contribution >= 4 is 12.2 Å². The SMILES string of the molecule is Cc1cc(/C=C/c2c(F)cccc2F)cc(C)c1O. The van der Waals surface area contributed by atoms with Crippen LogP contribution < -0.4 is 0 Å². The molecule has 0 radical (unpaired) electrons. The van der Waals surface area contributed by atoms with Crippen LogP contribution in [0.3, 0.4) is 0 Å². The molecule has 2 rings (SSSR count). The summed E-state index contributed by atoms with van der Waals surface area (Å²) in [4.78, 5) is 0. The molecular weight excluding hydrogens is 246 g/mol. The van der Waals surface area contributed by atoms with Crippen LogP contribution in [0.25, 0.3) is 12.2 Å². The molecule has 2 aromatic rings. The lowest BCUT2D eigenvalue weighted by Crippen LogP contribution is -1.87. The number of aryl methyl sites for hydroxylation is 2. The van der Waals surface area contributed by atoms with E-state index >= 15 is 0 Å². The van der Waals surface area contributed by atoms with E-state index in [1.165, 1.54) is 24.3 Å². The second-order valence-electron chi connectivity index (χ2n) is 4.47. The number of aromatic hydroxyl groups is 1. The minimum absolute atomic E-state index is 0.0640. The molecule has 0 fully saturated rings. The average molecular weight is 260 g/mol. The van der Waals surface area contributed by atoms with Crippen molar-refractivity contribution in [2.75, 3.05) is 0 Å². The Balaban J connectivity index is 2.38. The number of hydrogen-bond acceptors (Lipinski definition) is 1. The molecule has 3 heteroatoms. The average Bonchev–Trinajstić information content (AvgIpc) is 2.35. The van der Waals surface area contributed by atoms with Crippen molar-refractivity contribution < 1.29 is 13.9 Å². The van der Waals surface area contributed by atoms with E-state index < -0.39 is 11.6 Å². The summed E-state index contributed by atoms with van der Waals surface area (Å²) in [6.07, 6.45) is 3.02. The standard InChI is InChI=1S/C16H14F2O/c1-10-8-12(9-11(2)16(10)19)6-7-13-14(17)4-3-5-15(13)18/h3-9,19H,1-2H3/b7-6+. The lowest BCUT2D eigenvalue weighted by atomic mass is 10.0. The van der Waals surface area contributed by atoms with Gasteiger partial charge in [0.25, 0.3) is 0 Å². The predicted molar refractivity (Wildman–Crippen MR) is 72.9 cm³/mol. The third-order valence-electron chi connectivity index (χ3n) is 2.96. The molecule has 0 heterocycles. The van der Waals surface area contributed by atoms with Gasteiger partial charge < -0.3 is 5.11 Å². The summed E-state index contributed by atoms with van der Waals surface area (Å²) in [7, 11) is 0. The van der Waals surface area contributed by atoms with Crippen LogP contribution in [0.1, 0.15) is 22.3 Å². The number of phenolic OH excluding ortho intramolecular Hbond substituents is 1. The summed E-state index contributed by atoms with van der Waals surface area (Å²) in [5.74, 6) is -0.943. The van der Waals surface area contributed by atoms with Gasteiger partial charge in [0.15, 0.2) is 0 Å². The zero-order chi connectivity index (χ0) is 14.0. The Labute approximate surface area is 110 Å². The molecule has 19 heavy (non-hydrogen) atoms. The van der Waals surface area contributed by atoms with Gasteiger partial charge in [0.1, 0.15) is 17.4 Å². The van der Waals surface area contributed by atoms with E-state index in [9.17, 15) is 13.9 Å². The maximum absolute atomic E-state index is 13.4. The van der Waals surface area contributed by atoms with E-state index in [0.29, 0.717) is 0 Å². The summed E-state index contributed by atoms with van der Waals surface area (Å²) < 4.78 is 26.9. The molecule has 0 saturated carbocycles. The Morgan fingerprint density at radius 1 is 0.947 bits per heavy atom. The summed E-state index contributed by atoms with van der Waals surface area (Å²) >= 11 is 0. The lowest BCUT2D eigenvalue weighted by Gasteiger charge is -2.05. The molecule has 0 aliphatic heterocycles. The molecule has 0 aromatic heterocycles. The number of rotatable bonds is 2. The van der Waals surface area contributed by atoms with E-state index in [1.807, 2.05) is 0 Å². The van der Waals surface area contributed by atoms with Crippen LogP contribution >= 0.6 is 0 Å². The molecule has 0 spiro atoms. The molecule has 98 valence electrons. The lowest BCUT2D eigenvalue weighted by molar-refractivity contribution is 0.467. The first kappa shape index (κ1) is 13.3. The first-order valence-corrected chi connectivity index (χ1v) is 5.91. The predicted octanol–water partition coefficient (Wildman–Crippen LogP) is 4.46. The van der Waals surface area contributed by atoms with Crippen molar-refractivity contribution in [1.82, 2.24) is 0 Å². The number of hydrogen-bond donors (Lipinski definition) is 1. The van der Waals surface area contributed by atoms with Crippen molar-refractivity contribution in [2.24, 2.45) is 0 Å². The van der Waals surface area contributed by atoms with Crippen LogP contribution in [0.2, 0.25) is 0 Å². The topological polar surface area (TPSA) is 20.2 Å². The van der Waals surface area contributed by atoms with Crippen molar-refractivity contribution in [3.05, 3.63) is 64.2 Å². The van der Waals surface area contributed by atoms with Gasteiger partial charge in [0.2, 0.25) is 0 Å². The highest BCUT2D eigenvalue weighted by molar-refractivity contribution is 5.71. The van der Waals surface area contributed by atoms with Gasteiger partial charge in [-0.25, -0.2) is 8.78 Å². The van der Waals surface area contributed by atoms with Gasteiger partial charge in [-0.2, -0.15) is 0 Å². The number of benzene rings is 2. The molecule has 1 N–H and O–H groups in total. The molecule has 0 unspecified atom stereocenters. The molecule has 2 aromatic carbocycles. The van der Waals surface area contributed by atoms with Gasteiger partial charge in [-0.05, 0) is 60.9 Å². The Hall–Kier alpha value is -2.16. The number of halogens is 2. The van der Waals surface area contributed by atoms with Gasteiger partial charge in [0, 0.05) is 5.56 Å².